The molecule has 0 atom stereocenters. The Bertz CT molecular complexity index is 835. The molecule has 1 aromatic carbocycles. The minimum absolute atomic E-state index is 0.0352. The lowest BCUT2D eigenvalue weighted by atomic mass is 10.1. The molecule has 8 heteroatoms. The third kappa shape index (κ3) is 3.22. The van der Waals surface area contributed by atoms with Crippen molar-refractivity contribution in [2.45, 2.75) is 0 Å². The Labute approximate surface area is 137 Å². The van der Waals surface area contributed by atoms with Crippen molar-refractivity contribution < 1.29 is 13.5 Å². The van der Waals surface area contributed by atoms with E-state index in [1.54, 1.807) is 0 Å². The van der Waals surface area contributed by atoms with Crippen LogP contribution in [0.1, 0.15) is 5.69 Å². The second kappa shape index (κ2) is 6.86. The molecule has 2 aromatic rings. The summed E-state index contributed by atoms with van der Waals surface area (Å²) in [5, 5.41) is 0. The Hall–Kier alpha value is -3.29. The third-order valence-corrected chi connectivity index (χ3v) is 3.16. The van der Waals surface area contributed by atoms with E-state index in [9.17, 15) is 8.78 Å². The summed E-state index contributed by atoms with van der Waals surface area (Å²) in [7, 11) is 1.38. The SMILES string of the molecule is C=Cn1c(OC)nc(-c2cc(F)ccc2F)c1/C(N)=C/C=C(N)N. The molecular weight excluding hydrogens is 316 g/mol. The second-order valence-corrected chi connectivity index (χ2v) is 4.76. The molecule has 0 fully saturated rings. The molecule has 0 saturated heterocycles. The maximum atomic E-state index is 14.2. The first-order chi connectivity index (χ1) is 11.4. The van der Waals surface area contributed by atoms with Gasteiger partial charge >= 0.3 is 6.01 Å². The number of methoxy groups -OCH3 is 1. The summed E-state index contributed by atoms with van der Waals surface area (Å²) in [6.07, 6.45) is 4.18. The summed E-state index contributed by atoms with van der Waals surface area (Å²) in [5.41, 5.74) is 17.3. The summed E-state index contributed by atoms with van der Waals surface area (Å²) in [5.74, 6) is -1.23. The maximum absolute atomic E-state index is 14.2. The monoisotopic (exact) mass is 333 g/mol. The van der Waals surface area contributed by atoms with Crippen LogP contribution in [0.5, 0.6) is 6.01 Å². The van der Waals surface area contributed by atoms with Crippen molar-refractivity contribution >= 4 is 11.9 Å². The van der Waals surface area contributed by atoms with Gasteiger partial charge in [-0.1, -0.05) is 6.58 Å². The summed E-state index contributed by atoms with van der Waals surface area (Å²) in [4.78, 5) is 4.18. The van der Waals surface area contributed by atoms with Crippen molar-refractivity contribution in [1.82, 2.24) is 9.55 Å². The molecule has 1 heterocycles. The van der Waals surface area contributed by atoms with Crippen LogP contribution in [0.2, 0.25) is 0 Å². The Kier molecular flexibility index (Phi) is 4.88. The number of aromatic nitrogens is 2. The van der Waals surface area contributed by atoms with Gasteiger partial charge in [-0.25, -0.2) is 8.78 Å². The van der Waals surface area contributed by atoms with E-state index < -0.39 is 11.6 Å². The Balaban J connectivity index is 2.79. The molecule has 126 valence electrons. The molecule has 24 heavy (non-hydrogen) atoms. The van der Waals surface area contributed by atoms with Crippen molar-refractivity contribution in [3.63, 3.8) is 0 Å². The fraction of sp³-hybridized carbons (Fsp3) is 0.0625. The minimum atomic E-state index is -0.657. The van der Waals surface area contributed by atoms with Gasteiger partial charge in [-0.15, -0.1) is 0 Å². The number of benzene rings is 1. The first kappa shape index (κ1) is 17.1. The molecule has 0 amide bonds. The lowest BCUT2D eigenvalue weighted by molar-refractivity contribution is 0.376. The highest BCUT2D eigenvalue weighted by molar-refractivity contribution is 5.79. The van der Waals surface area contributed by atoms with Gasteiger partial charge in [0.2, 0.25) is 0 Å². The lowest BCUT2D eigenvalue weighted by Crippen LogP contribution is -2.08. The number of allylic oxidation sites excluding steroid dienone is 2. The molecule has 0 aliphatic rings. The smallest absolute Gasteiger partial charge is 0.301 e. The van der Waals surface area contributed by atoms with E-state index in [1.807, 2.05) is 0 Å². The van der Waals surface area contributed by atoms with E-state index in [0.29, 0.717) is 0 Å². The normalized spacial score (nSPS) is 11.2. The van der Waals surface area contributed by atoms with Crippen LogP contribution >= 0.6 is 0 Å². The molecule has 1 aromatic heterocycles. The highest BCUT2D eigenvalue weighted by Gasteiger charge is 2.22. The third-order valence-electron chi connectivity index (χ3n) is 3.16. The van der Waals surface area contributed by atoms with Gasteiger partial charge in [0.25, 0.3) is 0 Å². The zero-order valence-corrected chi connectivity index (χ0v) is 13.0. The fourth-order valence-corrected chi connectivity index (χ4v) is 2.13. The number of imidazole rings is 1. The van der Waals surface area contributed by atoms with Crippen LogP contribution in [0.3, 0.4) is 0 Å². The zero-order chi connectivity index (χ0) is 17.9. The van der Waals surface area contributed by atoms with E-state index >= 15 is 0 Å². The van der Waals surface area contributed by atoms with Crippen LogP contribution in [0, 0.1) is 11.6 Å². The largest absolute Gasteiger partial charge is 0.468 e. The average Bonchev–Trinajstić information content (AvgIpc) is 2.93. The first-order valence-electron chi connectivity index (χ1n) is 6.82. The predicted octanol–water partition coefficient (Wildman–Crippen LogP) is 2.00. The van der Waals surface area contributed by atoms with Crippen LogP contribution < -0.4 is 21.9 Å². The lowest BCUT2D eigenvalue weighted by Gasteiger charge is -2.08. The highest BCUT2D eigenvalue weighted by atomic mass is 19.1. The van der Waals surface area contributed by atoms with Gasteiger partial charge < -0.3 is 21.9 Å². The minimum Gasteiger partial charge on any atom is -0.468 e. The van der Waals surface area contributed by atoms with Crippen LogP contribution in [0.25, 0.3) is 23.2 Å². The van der Waals surface area contributed by atoms with Gasteiger partial charge in [0, 0.05) is 11.8 Å². The number of hydrogen-bond donors (Lipinski definition) is 3. The topological polar surface area (TPSA) is 105 Å². The van der Waals surface area contributed by atoms with Gasteiger partial charge in [-0.2, -0.15) is 4.98 Å². The fourth-order valence-electron chi connectivity index (χ4n) is 2.13. The number of nitrogens with zero attached hydrogens (tertiary/aromatic N) is 2. The van der Waals surface area contributed by atoms with E-state index in [0.717, 1.165) is 18.2 Å². The Morgan fingerprint density at radius 2 is 1.96 bits per heavy atom. The summed E-state index contributed by atoms with van der Waals surface area (Å²) >= 11 is 0. The molecule has 6 nitrogen and oxygen atoms in total. The van der Waals surface area contributed by atoms with Gasteiger partial charge in [-0.05, 0) is 30.4 Å². The molecule has 0 spiro atoms. The van der Waals surface area contributed by atoms with E-state index in [-0.39, 0.29) is 34.5 Å². The number of hydrogen-bond acceptors (Lipinski definition) is 5. The molecular formula is C16H17F2N5O. The van der Waals surface area contributed by atoms with Crippen LogP contribution in [0.15, 0.2) is 42.8 Å². The molecule has 0 saturated carbocycles. The van der Waals surface area contributed by atoms with Crippen molar-refractivity contribution in [2.75, 3.05) is 7.11 Å². The van der Waals surface area contributed by atoms with Gasteiger partial charge in [0.1, 0.15) is 17.3 Å². The average molecular weight is 333 g/mol. The van der Waals surface area contributed by atoms with Gasteiger partial charge in [-0.3, -0.25) is 4.57 Å². The first-order valence-corrected chi connectivity index (χ1v) is 6.82. The zero-order valence-electron chi connectivity index (χ0n) is 13.0. The summed E-state index contributed by atoms with van der Waals surface area (Å²) in [6.45, 7) is 3.65. The molecule has 0 aliphatic carbocycles. The molecule has 0 aliphatic heterocycles. The van der Waals surface area contributed by atoms with Crippen LogP contribution in [-0.2, 0) is 0 Å². The van der Waals surface area contributed by atoms with Crippen LogP contribution in [0.4, 0.5) is 8.78 Å². The predicted molar refractivity (Wildman–Crippen MR) is 89.1 cm³/mol. The van der Waals surface area contributed by atoms with Crippen molar-refractivity contribution in [3.8, 4) is 17.3 Å². The van der Waals surface area contributed by atoms with Crippen molar-refractivity contribution in [2.24, 2.45) is 17.2 Å². The maximum Gasteiger partial charge on any atom is 0.301 e. The number of nitrogens with two attached hydrogens (primary N) is 3. The van der Waals surface area contributed by atoms with Gasteiger partial charge in [0.05, 0.1) is 24.3 Å². The van der Waals surface area contributed by atoms with Crippen molar-refractivity contribution in [1.29, 1.82) is 0 Å². The summed E-state index contributed by atoms with van der Waals surface area (Å²) < 4.78 is 34.3. The number of rotatable bonds is 5. The number of halogens is 2. The summed E-state index contributed by atoms with van der Waals surface area (Å²) in [6, 6.07) is 3.15. The molecule has 6 N–H and O–H groups in total. The van der Waals surface area contributed by atoms with E-state index in [4.69, 9.17) is 21.9 Å². The quantitative estimate of drug-likeness (QED) is 0.726. The number of ether oxygens (including phenoxy) is 1. The second-order valence-electron chi connectivity index (χ2n) is 4.76. The van der Waals surface area contributed by atoms with Crippen LogP contribution in [-0.4, -0.2) is 16.7 Å². The molecule has 0 radical (unpaired) electrons. The Morgan fingerprint density at radius 3 is 2.54 bits per heavy atom. The molecule has 0 bridgehead atoms. The molecule has 2 rings (SSSR count). The molecule has 0 unspecified atom stereocenters. The highest BCUT2D eigenvalue weighted by Crippen LogP contribution is 2.33. The van der Waals surface area contributed by atoms with Gasteiger partial charge in [0.15, 0.2) is 0 Å². The van der Waals surface area contributed by atoms with E-state index in [1.165, 1.54) is 30.0 Å². The van der Waals surface area contributed by atoms with Crippen molar-refractivity contribution in [3.05, 3.63) is 60.1 Å². The standard InChI is InChI=1S/C16H17F2N5O/c1-3-23-15(12(19)6-7-13(20)21)14(22-16(23)24-2)10-8-9(17)4-5-11(10)18/h3-8H,1,19-21H2,2H3/b12-6-. The Morgan fingerprint density at radius 1 is 1.25 bits per heavy atom. The van der Waals surface area contributed by atoms with E-state index in [2.05, 4.69) is 11.6 Å².